The highest BCUT2D eigenvalue weighted by Gasteiger charge is 2.42. The number of amides is 3. The predicted molar refractivity (Wildman–Crippen MR) is 108 cm³/mol. The van der Waals surface area contributed by atoms with Crippen LogP contribution < -0.4 is 10.6 Å². The minimum Gasteiger partial charge on any atom is -0.391 e. The molecular weight excluding hydrogens is 454 g/mol. The number of rotatable bonds is 3. The molecule has 1 fully saturated rings. The van der Waals surface area contributed by atoms with E-state index in [1.54, 1.807) is 0 Å². The number of nitrogens with zero attached hydrogens (tertiary/aromatic N) is 1. The number of hydrogen-bond donors (Lipinski definition) is 3. The fraction of sp³-hybridized carbons (Fsp3) is 0.333. The second kappa shape index (κ2) is 8.25. The van der Waals surface area contributed by atoms with Gasteiger partial charge in [-0.2, -0.15) is 13.2 Å². The van der Waals surface area contributed by atoms with Crippen LogP contribution in [0.1, 0.15) is 40.4 Å². The highest BCUT2D eigenvalue weighted by molar-refractivity contribution is 6.31. The first-order chi connectivity index (χ1) is 15.0. The van der Waals surface area contributed by atoms with Crippen molar-refractivity contribution in [3.63, 3.8) is 0 Å². The molecule has 4 rings (SSSR count). The average Bonchev–Trinajstić information content (AvgIpc) is 3.23. The average molecular weight is 472 g/mol. The molecule has 0 radical (unpaired) electrons. The predicted octanol–water partition coefficient (Wildman–Crippen LogP) is 4.23. The first-order valence-electron chi connectivity index (χ1n) is 9.74. The lowest BCUT2D eigenvalue weighted by atomic mass is 9.96. The quantitative estimate of drug-likeness (QED) is 0.586. The van der Waals surface area contributed by atoms with Crippen LogP contribution >= 0.6 is 11.6 Å². The summed E-state index contributed by atoms with van der Waals surface area (Å²) in [5.41, 5.74) is 0.988. The third kappa shape index (κ3) is 4.37. The Morgan fingerprint density at radius 3 is 2.75 bits per heavy atom. The van der Waals surface area contributed by atoms with Crippen molar-refractivity contribution in [3.8, 4) is 0 Å². The number of anilines is 1. The number of alkyl halides is 3. The van der Waals surface area contributed by atoms with Gasteiger partial charge in [0.05, 0.1) is 18.6 Å². The molecule has 0 saturated carbocycles. The van der Waals surface area contributed by atoms with Crippen LogP contribution in [-0.2, 0) is 0 Å². The first kappa shape index (κ1) is 22.3. The minimum atomic E-state index is -4.50. The van der Waals surface area contributed by atoms with Crippen molar-refractivity contribution in [2.45, 2.75) is 37.2 Å². The van der Waals surface area contributed by atoms with Crippen LogP contribution in [0.2, 0.25) is 5.02 Å². The molecule has 2 aliphatic rings. The van der Waals surface area contributed by atoms with Gasteiger partial charge in [-0.15, -0.1) is 0 Å². The lowest BCUT2D eigenvalue weighted by molar-refractivity contribution is -0.143. The number of aliphatic hydroxyl groups is 1. The maximum absolute atomic E-state index is 13.8. The van der Waals surface area contributed by atoms with Gasteiger partial charge < -0.3 is 20.6 Å². The van der Waals surface area contributed by atoms with E-state index in [0.29, 0.717) is 5.56 Å². The molecule has 3 amide bonds. The Labute approximate surface area is 185 Å². The molecule has 2 heterocycles. The van der Waals surface area contributed by atoms with Gasteiger partial charge in [-0.3, -0.25) is 4.79 Å². The molecular formula is C21H18ClF4N3O3. The van der Waals surface area contributed by atoms with Crippen LogP contribution in [0, 0.1) is 5.82 Å². The topological polar surface area (TPSA) is 81.7 Å². The lowest BCUT2D eigenvalue weighted by Gasteiger charge is -2.26. The van der Waals surface area contributed by atoms with E-state index >= 15 is 0 Å². The number of carbonyl (C=O) groups excluding carboxylic acids is 2. The summed E-state index contributed by atoms with van der Waals surface area (Å²) in [6, 6.07) is 5.26. The van der Waals surface area contributed by atoms with Gasteiger partial charge >= 0.3 is 12.2 Å². The van der Waals surface area contributed by atoms with E-state index in [1.807, 2.05) is 0 Å². The molecule has 170 valence electrons. The normalized spacial score (nSPS) is 22.6. The van der Waals surface area contributed by atoms with Crippen LogP contribution in [0.5, 0.6) is 0 Å². The lowest BCUT2D eigenvalue weighted by Crippen LogP contribution is -2.41. The largest absolute Gasteiger partial charge is 0.391 e. The number of β-amino-alcohol motifs (C(OH)–C–C–N with tert-alkyl or cyclic N) is 1. The Balaban J connectivity index is 1.66. The standard InChI is InChI=1S/C21H18ClF4N3O3/c22-15-5-4-10(23)6-14(15)18-17-13(19(31)28-18)2-1-3-16(17)27-20(32)29-9-12(30)7-11(29)8-21(24,25)26/h1-6,11-12,18,30H,7-9H2,(H,27,32)(H,28,31)/t11-,12+,18+/m1/s1. The van der Waals surface area contributed by atoms with Crippen molar-refractivity contribution in [1.82, 2.24) is 10.2 Å². The van der Waals surface area contributed by atoms with Crippen LogP contribution in [-0.4, -0.2) is 46.8 Å². The highest BCUT2D eigenvalue weighted by Crippen LogP contribution is 2.39. The molecule has 11 heteroatoms. The smallest absolute Gasteiger partial charge is 0.391 e. The summed E-state index contributed by atoms with van der Waals surface area (Å²) < 4.78 is 52.5. The summed E-state index contributed by atoms with van der Waals surface area (Å²) in [6.07, 6.45) is -7.01. The summed E-state index contributed by atoms with van der Waals surface area (Å²) in [5, 5.41) is 15.3. The SMILES string of the molecule is O=C1N[C@@H](c2cc(F)ccc2Cl)c2c(NC(=O)N3C[C@@H](O)C[C@@H]3CC(F)(F)F)cccc21. The summed E-state index contributed by atoms with van der Waals surface area (Å²) in [5.74, 6) is -1.04. The molecule has 0 bridgehead atoms. The zero-order chi connectivity index (χ0) is 23.2. The highest BCUT2D eigenvalue weighted by atomic mass is 35.5. The number of halogens is 5. The summed E-state index contributed by atoms with van der Waals surface area (Å²) in [4.78, 5) is 26.2. The third-order valence-corrected chi connectivity index (χ3v) is 5.89. The second-order valence-electron chi connectivity index (χ2n) is 7.78. The van der Waals surface area contributed by atoms with E-state index in [2.05, 4.69) is 10.6 Å². The third-order valence-electron chi connectivity index (χ3n) is 5.55. The van der Waals surface area contributed by atoms with Crippen LogP contribution in [0.15, 0.2) is 36.4 Å². The van der Waals surface area contributed by atoms with Gasteiger partial charge in [-0.1, -0.05) is 17.7 Å². The van der Waals surface area contributed by atoms with E-state index < -0.39 is 48.5 Å². The monoisotopic (exact) mass is 471 g/mol. The number of aliphatic hydroxyl groups excluding tert-OH is 1. The molecule has 2 aliphatic heterocycles. The van der Waals surface area contributed by atoms with Gasteiger partial charge in [0.2, 0.25) is 0 Å². The van der Waals surface area contributed by atoms with Crippen LogP contribution in [0.3, 0.4) is 0 Å². The number of carbonyl (C=O) groups is 2. The molecule has 0 unspecified atom stereocenters. The van der Waals surface area contributed by atoms with Crippen molar-refractivity contribution >= 4 is 29.2 Å². The Morgan fingerprint density at radius 2 is 2.03 bits per heavy atom. The molecule has 32 heavy (non-hydrogen) atoms. The fourth-order valence-corrected chi connectivity index (χ4v) is 4.45. The molecule has 0 spiro atoms. The van der Waals surface area contributed by atoms with E-state index in [4.69, 9.17) is 11.6 Å². The molecule has 0 aliphatic carbocycles. The summed E-state index contributed by atoms with van der Waals surface area (Å²) in [7, 11) is 0. The van der Waals surface area contributed by atoms with Gasteiger partial charge in [0.25, 0.3) is 5.91 Å². The van der Waals surface area contributed by atoms with Crippen molar-refractivity contribution < 1.29 is 32.3 Å². The van der Waals surface area contributed by atoms with Crippen LogP contribution in [0.25, 0.3) is 0 Å². The molecule has 2 aromatic rings. The number of benzene rings is 2. The van der Waals surface area contributed by atoms with Crippen molar-refractivity contribution in [2.24, 2.45) is 0 Å². The molecule has 1 saturated heterocycles. The Bertz CT molecular complexity index is 1080. The minimum absolute atomic E-state index is 0.170. The zero-order valence-corrected chi connectivity index (χ0v) is 17.2. The Morgan fingerprint density at radius 1 is 1.28 bits per heavy atom. The van der Waals surface area contributed by atoms with E-state index in [1.165, 1.54) is 24.3 Å². The molecule has 2 aromatic carbocycles. The van der Waals surface area contributed by atoms with Gasteiger partial charge in [0, 0.05) is 40.0 Å². The van der Waals surface area contributed by atoms with Gasteiger partial charge in [0.1, 0.15) is 5.82 Å². The number of fused-ring (bicyclic) bond motifs is 1. The van der Waals surface area contributed by atoms with Crippen molar-refractivity contribution in [3.05, 3.63) is 63.9 Å². The number of likely N-dealkylation sites (tertiary alicyclic amines) is 1. The van der Waals surface area contributed by atoms with Gasteiger partial charge in [-0.25, -0.2) is 9.18 Å². The Kier molecular flexibility index (Phi) is 5.76. The van der Waals surface area contributed by atoms with Gasteiger partial charge in [0.15, 0.2) is 0 Å². The zero-order valence-electron chi connectivity index (χ0n) is 16.4. The number of hydrogen-bond acceptors (Lipinski definition) is 3. The van der Waals surface area contributed by atoms with Crippen molar-refractivity contribution in [1.29, 1.82) is 0 Å². The maximum atomic E-state index is 13.8. The summed E-state index contributed by atoms with van der Waals surface area (Å²) >= 11 is 6.20. The van der Waals surface area contributed by atoms with E-state index in [9.17, 15) is 32.3 Å². The first-order valence-corrected chi connectivity index (χ1v) is 10.1. The Hall–Kier alpha value is -2.85. The fourth-order valence-electron chi connectivity index (χ4n) is 4.22. The van der Waals surface area contributed by atoms with Crippen LogP contribution in [0.4, 0.5) is 28.0 Å². The molecule has 3 N–H and O–H groups in total. The van der Waals surface area contributed by atoms with E-state index in [-0.39, 0.29) is 34.8 Å². The second-order valence-corrected chi connectivity index (χ2v) is 8.19. The number of urea groups is 1. The molecule has 6 nitrogen and oxygen atoms in total. The van der Waals surface area contributed by atoms with Gasteiger partial charge in [-0.05, 0) is 36.8 Å². The summed E-state index contributed by atoms with van der Waals surface area (Å²) in [6.45, 7) is -0.252. The molecule has 3 atom stereocenters. The van der Waals surface area contributed by atoms with E-state index in [0.717, 1.165) is 17.0 Å². The molecule has 0 aromatic heterocycles. The number of nitrogens with one attached hydrogen (secondary N) is 2. The maximum Gasteiger partial charge on any atom is 0.391 e. The van der Waals surface area contributed by atoms with Crippen molar-refractivity contribution in [2.75, 3.05) is 11.9 Å².